The maximum atomic E-state index is 14.0. The van der Waals surface area contributed by atoms with Gasteiger partial charge in [-0.1, -0.05) is 78.9 Å². The molecule has 1 aliphatic carbocycles. The molecule has 13 N–H and O–H groups in total. The molecule has 370 valence electrons. The number of carboxylic acid groups (broad SMARTS) is 2. The molecule has 0 saturated carbocycles. The normalized spacial score (nSPS) is 13.8. The van der Waals surface area contributed by atoms with Gasteiger partial charge in [-0.2, -0.15) is 0 Å². The summed E-state index contributed by atoms with van der Waals surface area (Å²) < 4.78 is 11.0. The number of esters is 1. The SMILES string of the molecule is CC(C)(C)OC(=O)C[C@H](NC(=O)[C@H](CC(N)=O)NC(=O)[C@H](CCCN=C(N)N)NC(=O)OCC1c2ccccc2-c2ccccc21)C(=O)N[C@@H](CCC(=O)O)C(=O)N[C@@H](Cc1ccccc1)C(=O)O. The summed E-state index contributed by atoms with van der Waals surface area (Å²) in [6.45, 7) is 4.51. The van der Waals surface area contributed by atoms with Gasteiger partial charge in [0.15, 0.2) is 5.96 Å². The number of hydrogen-bond donors (Lipinski definition) is 10. The zero-order chi connectivity index (χ0) is 50.8. The topological polar surface area (TPSA) is 363 Å². The second-order valence-electron chi connectivity index (χ2n) is 17.1. The van der Waals surface area contributed by atoms with Crippen molar-refractivity contribution in [3.05, 3.63) is 95.6 Å². The van der Waals surface area contributed by atoms with Gasteiger partial charge in [-0.3, -0.25) is 38.6 Å². The van der Waals surface area contributed by atoms with Crippen LogP contribution in [0.25, 0.3) is 11.1 Å². The minimum absolute atomic E-state index is 0.0284. The molecule has 3 aromatic carbocycles. The van der Waals surface area contributed by atoms with E-state index in [0.717, 1.165) is 22.3 Å². The fraction of sp³-hybridized carbons (Fsp3) is 0.404. The summed E-state index contributed by atoms with van der Waals surface area (Å²) >= 11 is 0. The Kier molecular flexibility index (Phi) is 19.6. The van der Waals surface area contributed by atoms with Gasteiger partial charge in [-0.05, 0) is 67.9 Å². The van der Waals surface area contributed by atoms with E-state index in [2.05, 4.69) is 31.6 Å². The van der Waals surface area contributed by atoms with E-state index >= 15 is 0 Å². The number of fused-ring (bicyclic) bond motifs is 3. The molecule has 0 heterocycles. The highest BCUT2D eigenvalue weighted by Gasteiger charge is 2.36. The van der Waals surface area contributed by atoms with Gasteiger partial charge in [0.05, 0.1) is 12.8 Å². The quantitative estimate of drug-likeness (QED) is 0.0242. The Balaban J connectivity index is 1.55. The minimum Gasteiger partial charge on any atom is -0.481 e. The number of aliphatic imine (C=N–C) groups is 1. The number of carbonyl (C=O) groups is 9. The van der Waals surface area contributed by atoms with E-state index in [9.17, 15) is 53.4 Å². The molecule has 5 atom stereocenters. The lowest BCUT2D eigenvalue weighted by Crippen LogP contribution is -2.59. The minimum atomic E-state index is -1.91. The predicted octanol–water partition coefficient (Wildman–Crippen LogP) is 0.686. The van der Waals surface area contributed by atoms with Gasteiger partial charge in [0.1, 0.15) is 42.4 Å². The van der Waals surface area contributed by atoms with E-state index in [1.54, 1.807) is 30.3 Å². The lowest BCUT2D eigenvalue weighted by Gasteiger charge is -2.27. The predicted molar refractivity (Wildman–Crippen MR) is 249 cm³/mol. The molecular formula is C47H59N9O13. The van der Waals surface area contributed by atoms with Crippen LogP contribution in [-0.4, -0.2) is 119 Å². The van der Waals surface area contributed by atoms with Crippen molar-refractivity contribution < 1.29 is 62.8 Å². The first kappa shape index (κ1) is 53.6. The fourth-order valence-electron chi connectivity index (χ4n) is 7.40. The molecule has 0 unspecified atom stereocenters. The standard InChI is InChI=1S/C47H59N9O13/c1-47(2,3)69-39(60)24-35(43(64)52-33(19-20-38(58)59)41(62)55-36(44(65)66)22-26-12-5-4-6-13-26)54-42(63)34(23-37(48)57)53-40(61)32(18-11-21-51-45(49)50)56-46(67)68-25-31-29-16-9-7-14-27(29)28-15-8-10-17-30(28)31/h4-10,12-17,31-36H,11,18-25H2,1-3H3,(H2,48,57)(H,52,64)(H,53,61)(H,54,63)(H,55,62)(H,56,67)(H,58,59)(H,65,66)(H4,49,50,51)/t32-,33-,34-,35-,36-/m0/s1. The Morgan fingerprint density at radius 1 is 0.638 bits per heavy atom. The third-order valence-corrected chi connectivity index (χ3v) is 10.5. The van der Waals surface area contributed by atoms with Gasteiger partial charge in [-0.15, -0.1) is 0 Å². The smallest absolute Gasteiger partial charge is 0.407 e. The number of primary amides is 1. The van der Waals surface area contributed by atoms with Gasteiger partial charge in [0.25, 0.3) is 0 Å². The van der Waals surface area contributed by atoms with Crippen LogP contribution in [-0.2, 0) is 54.3 Å². The van der Waals surface area contributed by atoms with Gasteiger partial charge in [0.2, 0.25) is 29.5 Å². The maximum absolute atomic E-state index is 14.0. The van der Waals surface area contributed by atoms with Crippen LogP contribution in [0.3, 0.4) is 0 Å². The highest BCUT2D eigenvalue weighted by molar-refractivity contribution is 5.98. The lowest BCUT2D eigenvalue weighted by atomic mass is 9.98. The number of alkyl carbamates (subject to hydrolysis) is 1. The van der Waals surface area contributed by atoms with Crippen LogP contribution in [0, 0.1) is 0 Å². The van der Waals surface area contributed by atoms with E-state index in [-0.39, 0.29) is 44.3 Å². The number of nitrogens with zero attached hydrogens (tertiary/aromatic N) is 1. The summed E-state index contributed by atoms with van der Waals surface area (Å²) in [4.78, 5) is 122. The number of carbonyl (C=O) groups excluding carboxylic acids is 7. The van der Waals surface area contributed by atoms with Crippen LogP contribution >= 0.6 is 0 Å². The Labute approximate surface area is 397 Å². The number of guanidine groups is 1. The van der Waals surface area contributed by atoms with Gasteiger partial charge in [0, 0.05) is 25.3 Å². The zero-order valence-electron chi connectivity index (χ0n) is 38.4. The lowest BCUT2D eigenvalue weighted by molar-refractivity contribution is -0.157. The summed E-state index contributed by atoms with van der Waals surface area (Å²) in [6.07, 6.45) is -4.14. The van der Waals surface area contributed by atoms with Gasteiger partial charge >= 0.3 is 24.0 Å². The summed E-state index contributed by atoms with van der Waals surface area (Å²) in [7, 11) is 0. The number of aliphatic carboxylic acids is 2. The molecule has 0 radical (unpaired) electrons. The highest BCUT2D eigenvalue weighted by Crippen LogP contribution is 2.44. The molecule has 0 saturated heterocycles. The van der Waals surface area contributed by atoms with Crippen molar-refractivity contribution in [3.8, 4) is 11.1 Å². The highest BCUT2D eigenvalue weighted by atomic mass is 16.6. The first-order valence-corrected chi connectivity index (χ1v) is 22.0. The fourth-order valence-corrected chi connectivity index (χ4v) is 7.40. The van der Waals surface area contributed by atoms with E-state index in [1.807, 2.05) is 48.5 Å². The van der Waals surface area contributed by atoms with Crippen LogP contribution in [0.2, 0.25) is 0 Å². The average Bonchev–Trinajstić information content (AvgIpc) is 3.59. The van der Waals surface area contributed by atoms with Gasteiger partial charge in [-0.25, -0.2) is 9.59 Å². The van der Waals surface area contributed by atoms with Gasteiger partial charge < -0.3 is 63.5 Å². The Hall–Kier alpha value is -8.04. The molecule has 0 spiro atoms. The molecule has 3 aromatic rings. The summed E-state index contributed by atoms with van der Waals surface area (Å²) in [6, 6.07) is 15.1. The largest absolute Gasteiger partial charge is 0.481 e. The average molecular weight is 958 g/mol. The number of hydrogen-bond acceptors (Lipinski definition) is 12. The summed E-state index contributed by atoms with van der Waals surface area (Å²) in [5.74, 6) is -10.0. The first-order chi connectivity index (χ1) is 32.6. The van der Waals surface area contributed by atoms with Crippen molar-refractivity contribution in [1.82, 2.24) is 26.6 Å². The van der Waals surface area contributed by atoms with Crippen LogP contribution in [0.15, 0.2) is 83.9 Å². The van der Waals surface area contributed by atoms with Crippen LogP contribution < -0.4 is 43.8 Å². The van der Waals surface area contributed by atoms with E-state index in [1.165, 1.54) is 20.8 Å². The van der Waals surface area contributed by atoms with Crippen LogP contribution in [0.1, 0.15) is 81.9 Å². The number of nitrogens with two attached hydrogens (primary N) is 3. The van der Waals surface area contributed by atoms with Crippen LogP contribution in [0.5, 0.6) is 0 Å². The molecule has 69 heavy (non-hydrogen) atoms. The third kappa shape index (κ3) is 17.3. The second-order valence-corrected chi connectivity index (χ2v) is 17.1. The molecule has 22 heteroatoms. The second kappa shape index (κ2) is 25.2. The van der Waals surface area contributed by atoms with E-state index in [4.69, 9.17) is 26.7 Å². The summed E-state index contributed by atoms with van der Waals surface area (Å²) in [5.41, 5.74) is 19.7. The number of amides is 6. The summed E-state index contributed by atoms with van der Waals surface area (Å²) in [5, 5.41) is 31.1. The molecule has 6 amide bonds. The zero-order valence-corrected chi connectivity index (χ0v) is 38.4. The van der Waals surface area contributed by atoms with E-state index < -0.39 is 115 Å². The van der Waals surface area contributed by atoms with Crippen molar-refractivity contribution >= 4 is 59.5 Å². The molecule has 1 aliphatic rings. The van der Waals surface area contributed by atoms with Crippen molar-refractivity contribution in [2.45, 2.75) is 107 Å². The Morgan fingerprint density at radius 2 is 1.13 bits per heavy atom. The monoisotopic (exact) mass is 957 g/mol. The molecule has 0 aromatic heterocycles. The number of carboxylic acids is 2. The number of benzene rings is 3. The van der Waals surface area contributed by atoms with Crippen molar-refractivity contribution in [2.24, 2.45) is 22.2 Å². The molecule has 22 nitrogen and oxygen atoms in total. The maximum Gasteiger partial charge on any atom is 0.407 e. The van der Waals surface area contributed by atoms with Crippen molar-refractivity contribution in [1.29, 1.82) is 0 Å². The first-order valence-electron chi connectivity index (χ1n) is 22.0. The Morgan fingerprint density at radius 3 is 1.65 bits per heavy atom. The molecule has 4 rings (SSSR count). The number of rotatable bonds is 25. The Bertz CT molecular complexity index is 2340. The molecular weight excluding hydrogens is 899 g/mol. The molecule has 0 aliphatic heterocycles. The van der Waals surface area contributed by atoms with Crippen molar-refractivity contribution in [3.63, 3.8) is 0 Å². The number of nitrogens with one attached hydrogen (secondary N) is 5. The van der Waals surface area contributed by atoms with Crippen molar-refractivity contribution in [2.75, 3.05) is 13.2 Å². The third-order valence-electron chi connectivity index (χ3n) is 10.5. The van der Waals surface area contributed by atoms with Crippen LogP contribution in [0.4, 0.5) is 4.79 Å². The molecule has 0 bridgehead atoms. The van der Waals surface area contributed by atoms with E-state index in [0.29, 0.717) is 5.56 Å². The molecule has 0 fully saturated rings. The number of ether oxygens (including phenoxy) is 2.